The van der Waals surface area contributed by atoms with Gasteiger partial charge in [-0.15, -0.1) is 11.6 Å². The molecule has 0 saturated heterocycles. The summed E-state index contributed by atoms with van der Waals surface area (Å²) in [5.41, 5.74) is 2.22. The number of rotatable bonds is 3. The van der Waals surface area contributed by atoms with E-state index in [1.165, 1.54) is 12.1 Å². The van der Waals surface area contributed by atoms with Crippen LogP contribution in [0.5, 0.6) is 0 Å². The summed E-state index contributed by atoms with van der Waals surface area (Å²) in [6.07, 6.45) is 0.409. The van der Waals surface area contributed by atoms with Crippen molar-refractivity contribution in [1.82, 2.24) is 4.98 Å². The highest BCUT2D eigenvalue weighted by molar-refractivity contribution is 9.10. The molecule has 0 saturated carbocycles. The predicted molar refractivity (Wildman–Crippen MR) is 80.4 cm³/mol. The fourth-order valence-electron chi connectivity index (χ4n) is 2.03. The molecule has 0 aliphatic heterocycles. The van der Waals surface area contributed by atoms with Crippen LogP contribution in [0.25, 0.3) is 11.1 Å². The van der Waals surface area contributed by atoms with Crippen LogP contribution < -0.4 is 0 Å². The average molecular weight is 355 g/mol. The number of oxazole rings is 1. The Morgan fingerprint density at radius 1 is 1.25 bits per heavy atom. The predicted octanol–water partition coefficient (Wildman–Crippen LogP) is 5.25. The van der Waals surface area contributed by atoms with Gasteiger partial charge in [0.05, 0.1) is 5.38 Å². The average Bonchev–Trinajstić information content (AvgIpc) is 2.79. The first-order chi connectivity index (χ1) is 9.61. The van der Waals surface area contributed by atoms with Crippen molar-refractivity contribution in [2.75, 3.05) is 0 Å². The van der Waals surface area contributed by atoms with E-state index < -0.39 is 5.38 Å². The van der Waals surface area contributed by atoms with Crippen LogP contribution in [0.2, 0.25) is 0 Å². The molecule has 2 nitrogen and oxygen atoms in total. The third-order valence-electron chi connectivity index (χ3n) is 2.94. The Bertz CT molecular complexity index is 705. The van der Waals surface area contributed by atoms with Crippen molar-refractivity contribution in [3.05, 3.63) is 64.2 Å². The van der Waals surface area contributed by atoms with Crippen molar-refractivity contribution in [3.63, 3.8) is 0 Å². The maximum absolute atomic E-state index is 13.4. The van der Waals surface area contributed by atoms with Crippen LogP contribution >= 0.6 is 27.5 Å². The van der Waals surface area contributed by atoms with Crippen molar-refractivity contribution in [2.24, 2.45) is 0 Å². The minimum absolute atomic E-state index is 0.322. The number of aromatic nitrogens is 1. The Labute approximate surface area is 128 Å². The van der Waals surface area contributed by atoms with Gasteiger partial charge in [0.2, 0.25) is 0 Å². The lowest BCUT2D eigenvalue weighted by atomic mass is 10.1. The van der Waals surface area contributed by atoms with Crippen molar-refractivity contribution < 1.29 is 8.81 Å². The quantitative estimate of drug-likeness (QED) is 0.600. The zero-order valence-electron chi connectivity index (χ0n) is 10.3. The molecule has 0 spiro atoms. The number of fused-ring (bicyclic) bond motifs is 1. The van der Waals surface area contributed by atoms with E-state index in [0.29, 0.717) is 22.3 Å². The van der Waals surface area contributed by atoms with Crippen LogP contribution in [0.4, 0.5) is 4.39 Å². The van der Waals surface area contributed by atoms with E-state index in [-0.39, 0.29) is 5.82 Å². The molecule has 5 heteroatoms. The topological polar surface area (TPSA) is 26.0 Å². The van der Waals surface area contributed by atoms with Gasteiger partial charge in [0.15, 0.2) is 11.5 Å². The Balaban J connectivity index is 1.86. The first kappa shape index (κ1) is 13.6. The van der Waals surface area contributed by atoms with Gasteiger partial charge in [-0.05, 0) is 35.9 Å². The van der Waals surface area contributed by atoms with E-state index >= 15 is 0 Å². The third-order valence-corrected chi connectivity index (χ3v) is 3.80. The number of nitrogens with zero attached hydrogens (tertiary/aromatic N) is 1. The third kappa shape index (κ3) is 2.86. The van der Waals surface area contributed by atoms with Gasteiger partial charge in [-0.2, -0.15) is 0 Å². The Morgan fingerprint density at radius 2 is 2.05 bits per heavy atom. The zero-order valence-corrected chi connectivity index (χ0v) is 12.7. The number of halogens is 3. The van der Waals surface area contributed by atoms with Crippen molar-refractivity contribution in [1.29, 1.82) is 0 Å². The van der Waals surface area contributed by atoms with Crippen molar-refractivity contribution in [3.8, 4) is 0 Å². The molecule has 2 aromatic carbocycles. The summed E-state index contributed by atoms with van der Waals surface area (Å²) in [5.74, 6) is 0.226. The molecule has 1 atom stereocenters. The SMILES string of the molecule is Fc1cc(Br)cc(C(Cl)Cc2nc3ccccc3o2)c1. The van der Waals surface area contributed by atoms with Gasteiger partial charge in [-0.1, -0.05) is 28.1 Å². The lowest BCUT2D eigenvalue weighted by Crippen LogP contribution is -1.97. The Kier molecular flexibility index (Phi) is 3.76. The van der Waals surface area contributed by atoms with Crippen LogP contribution in [0.3, 0.4) is 0 Å². The summed E-state index contributed by atoms with van der Waals surface area (Å²) in [7, 11) is 0. The van der Waals surface area contributed by atoms with Crippen molar-refractivity contribution >= 4 is 38.6 Å². The largest absolute Gasteiger partial charge is 0.441 e. The summed E-state index contributed by atoms with van der Waals surface area (Å²) >= 11 is 9.58. The normalized spacial score (nSPS) is 12.8. The molecule has 0 aliphatic carbocycles. The fourth-order valence-corrected chi connectivity index (χ4v) is 2.78. The van der Waals surface area contributed by atoms with E-state index in [1.54, 1.807) is 6.07 Å². The van der Waals surface area contributed by atoms with E-state index in [0.717, 1.165) is 11.1 Å². The Morgan fingerprint density at radius 3 is 2.80 bits per heavy atom. The maximum atomic E-state index is 13.4. The minimum Gasteiger partial charge on any atom is -0.441 e. The summed E-state index contributed by atoms with van der Waals surface area (Å²) in [6.45, 7) is 0. The number of hydrogen-bond donors (Lipinski definition) is 0. The van der Waals surface area contributed by atoms with Gasteiger partial charge in [-0.25, -0.2) is 9.37 Å². The van der Waals surface area contributed by atoms with Crippen LogP contribution in [0.15, 0.2) is 51.4 Å². The molecule has 3 rings (SSSR count). The molecule has 20 heavy (non-hydrogen) atoms. The second kappa shape index (κ2) is 5.54. The number of alkyl halides is 1. The molecule has 1 heterocycles. The molecule has 0 N–H and O–H groups in total. The first-order valence-corrected chi connectivity index (χ1v) is 7.29. The van der Waals surface area contributed by atoms with Gasteiger partial charge in [0.25, 0.3) is 0 Å². The number of hydrogen-bond acceptors (Lipinski definition) is 2. The van der Waals surface area contributed by atoms with Crippen LogP contribution in [0.1, 0.15) is 16.8 Å². The summed E-state index contributed by atoms with van der Waals surface area (Å²) in [4.78, 5) is 4.37. The molecule has 1 unspecified atom stereocenters. The van der Waals surface area contributed by atoms with Crippen LogP contribution in [-0.2, 0) is 6.42 Å². The molecular weight excluding hydrogens is 345 g/mol. The number of benzene rings is 2. The highest BCUT2D eigenvalue weighted by atomic mass is 79.9. The lowest BCUT2D eigenvalue weighted by Gasteiger charge is -2.08. The van der Waals surface area contributed by atoms with E-state index in [4.69, 9.17) is 16.0 Å². The lowest BCUT2D eigenvalue weighted by molar-refractivity contribution is 0.524. The second-order valence-electron chi connectivity index (χ2n) is 4.45. The molecule has 3 aromatic rings. The van der Waals surface area contributed by atoms with Gasteiger partial charge in [0, 0.05) is 10.9 Å². The summed E-state index contributed by atoms with van der Waals surface area (Å²) in [6, 6.07) is 12.1. The highest BCUT2D eigenvalue weighted by Crippen LogP contribution is 2.29. The molecule has 102 valence electrons. The Hall–Kier alpha value is -1.39. The molecule has 1 aromatic heterocycles. The standard InChI is InChI=1S/C15H10BrClFNO/c16-10-5-9(6-11(18)7-10)12(17)8-15-19-13-3-1-2-4-14(13)20-15/h1-7,12H,8H2. The van der Waals surface area contributed by atoms with E-state index in [9.17, 15) is 4.39 Å². The summed E-state index contributed by atoms with van der Waals surface area (Å²) in [5, 5.41) is -0.393. The molecule has 0 aliphatic rings. The van der Waals surface area contributed by atoms with Crippen LogP contribution in [0, 0.1) is 5.82 Å². The highest BCUT2D eigenvalue weighted by Gasteiger charge is 2.15. The molecule has 0 radical (unpaired) electrons. The van der Waals surface area contributed by atoms with Gasteiger partial charge >= 0.3 is 0 Å². The minimum atomic E-state index is -0.393. The molecule has 0 fully saturated rings. The van der Waals surface area contributed by atoms with Gasteiger partial charge in [-0.3, -0.25) is 0 Å². The second-order valence-corrected chi connectivity index (χ2v) is 5.89. The molecular formula is C15H10BrClFNO. The fraction of sp³-hybridized carbons (Fsp3) is 0.133. The monoisotopic (exact) mass is 353 g/mol. The van der Waals surface area contributed by atoms with E-state index in [1.807, 2.05) is 24.3 Å². The zero-order chi connectivity index (χ0) is 14.1. The number of para-hydroxylation sites is 2. The van der Waals surface area contributed by atoms with Crippen LogP contribution in [-0.4, -0.2) is 4.98 Å². The van der Waals surface area contributed by atoms with Gasteiger partial charge < -0.3 is 4.42 Å². The van der Waals surface area contributed by atoms with Gasteiger partial charge in [0.1, 0.15) is 11.3 Å². The smallest absolute Gasteiger partial charge is 0.197 e. The first-order valence-electron chi connectivity index (χ1n) is 6.06. The van der Waals surface area contributed by atoms with Crippen molar-refractivity contribution in [2.45, 2.75) is 11.8 Å². The molecule has 0 amide bonds. The summed E-state index contributed by atoms with van der Waals surface area (Å²) < 4.78 is 19.6. The van der Waals surface area contributed by atoms with E-state index in [2.05, 4.69) is 20.9 Å². The maximum Gasteiger partial charge on any atom is 0.197 e. The molecule has 0 bridgehead atoms.